The van der Waals surface area contributed by atoms with Crippen LogP contribution < -0.4 is 37.2 Å². The first-order valence-electron chi connectivity index (χ1n) is 15.0. The summed E-state index contributed by atoms with van der Waals surface area (Å²) in [6.07, 6.45) is 7.90. The molecule has 2 N–H and O–H groups in total. The predicted octanol–water partition coefficient (Wildman–Crippen LogP) is 0.147. The van der Waals surface area contributed by atoms with E-state index < -0.39 is 0 Å². The Morgan fingerprint density at radius 3 is 1.09 bits per heavy atom. The number of aliphatic imine (C=N–C) groups is 2. The van der Waals surface area contributed by atoms with Gasteiger partial charge < -0.3 is 47.4 Å². The van der Waals surface area contributed by atoms with Gasteiger partial charge in [-0.15, -0.1) is 0 Å². The number of phenols is 2. The molecule has 0 saturated heterocycles. The topological polar surface area (TPSA) is 65.2 Å². The quantitative estimate of drug-likeness (QED) is 0.352. The number of benzene rings is 2. The van der Waals surface area contributed by atoms with Crippen LogP contribution in [0.25, 0.3) is 0 Å². The second-order valence-corrected chi connectivity index (χ2v) is 15.9. The Hall–Kier alpha value is -1.23. The van der Waals surface area contributed by atoms with Gasteiger partial charge in [0.25, 0.3) is 0 Å². The molecule has 44 heavy (non-hydrogen) atoms. The Labute approximate surface area is 297 Å². The summed E-state index contributed by atoms with van der Waals surface area (Å²) in [6.45, 7) is 26.0. The van der Waals surface area contributed by atoms with E-state index in [4.69, 9.17) is 9.98 Å². The zero-order chi connectivity index (χ0) is 30.3. The first-order chi connectivity index (χ1) is 18.2. The van der Waals surface area contributed by atoms with Crippen LogP contribution in [0.5, 0.6) is 11.5 Å². The van der Waals surface area contributed by atoms with E-state index in [0.29, 0.717) is 11.5 Å². The molecule has 3 rings (SSSR count). The van der Waals surface area contributed by atoms with Gasteiger partial charge in [-0.25, -0.2) is 0 Å². The summed E-state index contributed by atoms with van der Waals surface area (Å²) in [5.74, 6) is 0.637. The molecular formula is C36H54Cl3MnN2O2. The third-order valence-electron chi connectivity index (χ3n) is 8.13. The number of nitrogens with zero attached hydrogens (tertiary/aromatic N) is 2. The van der Waals surface area contributed by atoms with Gasteiger partial charge in [0.1, 0.15) is 11.5 Å². The average Bonchev–Trinajstić information content (AvgIpc) is 2.80. The minimum absolute atomic E-state index is 0. The minimum Gasteiger partial charge on any atom is -1.00 e. The van der Waals surface area contributed by atoms with Crippen LogP contribution in [0.3, 0.4) is 0 Å². The van der Waals surface area contributed by atoms with Gasteiger partial charge in [-0.05, 0) is 57.8 Å². The molecule has 1 saturated carbocycles. The van der Waals surface area contributed by atoms with Crippen molar-refractivity contribution in [1.29, 1.82) is 0 Å². The van der Waals surface area contributed by atoms with Crippen LogP contribution in [0.15, 0.2) is 34.3 Å². The van der Waals surface area contributed by atoms with E-state index in [-0.39, 0.29) is 88.0 Å². The van der Waals surface area contributed by atoms with Crippen LogP contribution in [-0.2, 0) is 38.7 Å². The maximum atomic E-state index is 11.2. The summed E-state index contributed by atoms with van der Waals surface area (Å²) >= 11 is 0. The van der Waals surface area contributed by atoms with Gasteiger partial charge in [0.15, 0.2) is 0 Å². The Morgan fingerprint density at radius 1 is 0.545 bits per heavy atom. The molecule has 1 aliphatic rings. The summed E-state index contributed by atoms with van der Waals surface area (Å²) in [5, 5.41) is 22.5. The largest absolute Gasteiger partial charge is 3.00 e. The summed E-state index contributed by atoms with van der Waals surface area (Å²) in [5.41, 5.74) is 5.39. The summed E-state index contributed by atoms with van der Waals surface area (Å²) < 4.78 is 0. The third kappa shape index (κ3) is 11.2. The Balaban J connectivity index is 0. The van der Waals surface area contributed by atoms with E-state index >= 15 is 0 Å². The summed E-state index contributed by atoms with van der Waals surface area (Å²) in [4.78, 5) is 10.1. The molecule has 0 unspecified atom stereocenters. The van der Waals surface area contributed by atoms with Crippen molar-refractivity contribution < 1.29 is 64.5 Å². The van der Waals surface area contributed by atoms with Gasteiger partial charge in [0.05, 0.1) is 12.1 Å². The maximum Gasteiger partial charge on any atom is 3.00 e. The molecule has 2 aromatic carbocycles. The SMILES string of the molecule is CC(C)(C)c1cc(/C=N/[C@@H]2CCCC[C@H]2/N=C/c2cc(C(C)(C)C)cc(C(C)(C)C)c2O)c(O)c(C(C)(C)C)c1.[Cl-].[Cl-].[Cl-].[Mn+3]. The van der Waals surface area contributed by atoms with E-state index in [9.17, 15) is 10.2 Å². The van der Waals surface area contributed by atoms with Gasteiger partial charge in [0, 0.05) is 34.7 Å². The minimum atomic E-state index is -0.179. The van der Waals surface area contributed by atoms with Crippen molar-refractivity contribution in [3.63, 3.8) is 0 Å². The molecular weight excluding hydrogens is 654 g/mol. The molecule has 4 nitrogen and oxygen atoms in total. The van der Waals surface area contributed by atoms with Crippen molar-refractivity contribution in [3.05, 3.63) is 57.6 Å². The van der Waals surface area contributed by atoms with E-state index in [0.717, 1.165) is 47.9 Å². The normalized spacial score (nSPS) is 17.8. The number of hydrogen-bond acceptors (Lipinski definition) is 4. The van der Waals surface area contributed by atoms with Crippen molar-refractivity contribution >= 4 is 12.4 Å². The van der Waals surface area contributed by atoms with Gasteiger partial charge in [-0.3, -0.25) is 9.98 Å². The van der Waals surface area contributed by atoms with Crippen molar-refractivity contribution in [2.24, 2.45) is 9.98 Å². The molecule has 8 heteroatoms. The van der Waals surface area contributed by atoms with Crippen LogP contribution >= 0.6 is 0 Å². The molecule has 1 aliphatic carbocycles. The molecule has 0 bridgehead atoms. The molecule has 0 aromatic heterocycles. The van der Waals surface area contributed by atoms with E-state index in [1.54, 1.807) is 0 Å². The molecule has 0 aliphatic heterocycles. The number of halogens is 3. The standard InChI is InChI=1S/C36H54N2O2.3ClH.Mn/c1-33(2,3)25-17-23(31(39)27(19-25)35(7,8)9)21-37-29-15-13-14-16-30(29)38-22-24-18-26(34(4,5)6)20-28(32(24)40)36(10,11)12;;;;/h17-22,29-30,39-40H,13-16H2,1-12H3;3*1H;/q;;;;+3/p-3/b37-21+,38-22+;;;;/t29-,30-;;;;/m1..../s1. The fourth-order valence-electron chi connectivity index (χ4n) is 5.31. The number of hydrogen-bond donors (Lipinski definition) is 2. The van der Waals surface area contributed by atoms with Crippen LogP contribution in [-0.4, -0.2) is 34.7 Å². The van der Waals surface area contributed by atoms with Crippen LogP contribution in [0.4, 0.5) is 0 Å². The summed E-state index contributed by atoms with van der Waals surface area (Å²) in [7, 11) is 0. The molecule has 2 atom stereocenters. The smallest absolute Gasteiger partial charge is 1.00 e. The predicted molar refractivity (Wildman–Crippen MR) is 172 cm³/mol. The Bertz CT molecular complexity index is 1180. The van der Waals surface area contributed by atoms with E-state index in [1.165, 1.54) is 11.1 Å². The Kier molecular flexibility index (Phi) is 16.9. The molecule has 0 radical (unpaired) electrons. The second kappa shape index (κ2) is 16.5. The van der Waals surface area contributed by atoms with Crippen molar-refractivity contribution in [2.75, 3.05) is 0 Å². The van der Waals surface area contributed by atoms with Crippen LogP contribution in [0.2, 0.25) is 0 Å². The second-order valence-electron chi connectivity index (χ2n) is 15.9. The number of rotatable bonds is 4. The van der Waals surface area contributed by atoms with Crippen LogP contribution in [0.1, 0.15) is 142 Å². The molecule has 1 fully saturated rings. The van der Waals surface area contributed by atoms with Crippen molar-refractivity contribution in [3.8, 4) is 11.5 Å². The first-order valence-corrected chi connectivity index (χ1v) is 15.0. The number of phenolic OH excluding ortho intramolecular Hbond substituents is 2. The first kappa shape index (κ1) is 44.9. The maximum absolute atomic E-state index is 11.2. The van der Waals surface area contributed by atoms with E-state index in [1.807, 2.05) is 12.4 Å². The Morgan fingerprint density at radius 2 is 0.841 bits per heavy atom. The van der Waals surface area contributed by atoms with E-state index in [2.05, 4.69) is 107 Å². The number of aromatic hydroxyl groups is 2. The van der Waals surface area contributed by atoms with Gasteiger partial charge >= 0.3 is 17.1 Å². The van der Waals surface area contributed by atoms with Crippen molar-refractivity contribution in [2.45, 2.75) is 143 Å². The van der Waals surface area contributed by atoms with Gasteiger partial charge in [-0.1, -0.05) is 108 Å². The zero-order valence-corrected chi connectivity index (χ0v) is 32.2. The molecule has 0 heterocycles. The molecule has 248 valence electrons. The van der Waals surface area contributed by atoms with Crippen LogP contribution in [0, 0.1) is 0 Å². The fraction of sp³-hybridized carbons (Fsp3) is 0.611. The molecule has 0 spiro atoms. The molecule has 0 amide bonds. The monoisotopic (exact) mass is 706 g/mol. The zero-order valence-electron chi connectivity index (χ0n) is 28.7. The average molecular weight is 708 g/mol. The summed E-state index contributed by atoms with van der Waals surface area (Å²) in [6, 6.07) is 8.53. The van der Waals surface area contributed by atoms with Gasteiger partial charge in [0.2, 0.25) is 0 Å². The third-order valence-corrected chi connectivity index (χ3v) is 8.13. The van der Waals surface area contributed by atoms with Crippen molar-refractivity contribution in [1.82, 2.24) is 0 Å². The van der Waals surface area contributed by atoms with Gasteiger partial charge in [-0.2, -0.15) is 0 Å². The molecule has 2 aromatic rings. The fourth-order valence-corrected chi connectivity index (χ4v) is 5.31.